The highest BCUT2D eigenvalue weighted by molar-refractivity contribution is 8.03. The zero-order valence-corrected chi connectivity index (χ0v) is 15.6. The van der Waals surface area contributed by atoms with Gasteiger partial charge in [-0.05, 0) is 51.9 Å². The van der Waals surface area contributed by atoms with Crippen LogP contribution in [0.25, 0.3) is 0 Å². The van der Waals surface area contributed by atoms with Gasteiger partial charge in [0, 0.05) is 11.7 Å². The molecule has 2 radical (unpaired) electrons. The maximum Gasteiger partial charge on any atom is 0.309 e. The van der Waals surface area contributed by atoms with Crippen molar-refractivity contribution in [2.75, 3.05) is 6.61 Å². The molecule has 1 aliphatic carbocycles. The standard InChI is InChI=1S/C19H30O4S/c1-3-5-8-14(18(21)22-4-2)13-17(20)19-23-15-9-6-11-16(24-19)12-7-10-15/h14-16H,1,3-13H2,2H3. The van der Waals surface area contributed by atoms with Gasteiger partial charge in [-0.3, -0.25) is 9.59 Å². The first-order chi connectivity index (χ1) is 11.6. The van der Waals surface area contributed by atoms with Gasteiger partial charge in [0.05, 0.1) is 18.6 Å². The summed E-state index contributed by atoms with van der Waals surface area (Å²) in [6.07, 6.45) is 9.35. The summed E-state index contributed by atoms with van der Waals surface area (Å²) in [5.41, 5.74) is 0.535. The maximum absolute atomic E-state index is 12.8. The molecule has 0 amide bonds. The van der Waals surface area contributed by atoms with Gasteiger partial charge < -0.3 is 9.47 Å². The van der Waals surface area contributed by atoms with E-state index < -0.39 is 0 Å². The Hall–Kier alpha value is -0.550. The number of hydrogen-bond donors (Lipinski definition) is 0. The second-order valence-electron chi connectivity index (χ2n) is 6.70. The zero-order valence-electron chi connectivity index (χ0n) is 14.8. The topological polar surface area (TPSA) is 52.6 Å². The van der Waals surface area contributed by atoms with Crippen molar-refractivity contribution in [3.05, 3.63) is 12.4 Å². The number of rotatable bonds is 8. The average Bonchev–Trinajstić information content (AvgIpc) is 2.49. The average molecular weight is 355 g/mol. The van der Waals surface area contributed by atoms with Crippen molar-refractivity contribution in [3.63, 3.8) is 0 Å². The minimum Gasteiger partial charge on any atom is -0.466 e. The van der Waals surface area contributed by atoms with Crippen LogP contribution in [-0.2, 0) is 19.1 Å². The molecule has 0 spiro atoms. The van der Waals surface area contributed by atoms with Crippen molar-refractivity contribution in [1.29, 1.82) is 0 Å². The molecule has 1 unspecified atom stereocenters. The van der Waals surface area contributed by atoms with Gasteiger partial charge in [0.2, 0.25) is 5.44 Å². The lowest BCUT2D eigenvalue weighted by Crippen LogP contribution is -2.30. The first-order valence-electron chi connectivity index (χ1n) is 9.33. The molecule has 2 saturated heterocycles. The fourth-order valence-electron chi connectivity index (χ4n) is 3.39. The highest BCUT2D eigenvalue weighted by Gasteiger charge is 2.35. The Kier molecular flexibility index (Phi) is 8.60. The summed E-state index contributed by atoms with van der Waals surface area (Å²) in [6.45, 7) is 5.96. The normalized spacial score (nSPS) is 26.2. The van der Waals surface area contributed by atoms with Crippen LogP contribution in [0.3, 0.4) is 0 Å². The number of hydrogen-bond acceptors (Lipinski definition) is 5. The zero-order chi connectivity index (χ0) is 17.4. The van der Waals surface area contributed by atoms with Crippen LogP contribution in [-0.4, -0.2) is 29.7 Å². The number of ether oxygens (including phenoxy) is 2. The molecule has 1 saturated carbocycles. The van der Waals surface area contributed by atoms with E-state index in [1.54, 1.807) is 18.7 Å². The second-order valence-corrected chi connectivity index (χ2v) is 7.97. The molecule has 136 valence electrons. The first kappa shape index (κ1) is 19.8. The Morgan fingerprint density at radius 3 is 2.62 bits per heavy atom. The van der Waals surface area contributed by atoms with Gasteiger partial charge in [-0.25, -0.2) is 0 Å². The molecule has 3 aliphatic rings. The van der Waals surface area contributed by atoms with Gasteiger partial charge in [-0.2, -0.15) is 0 Å². The van der Waals surface area contributed by atoms with Gasteiger partial charge in [0.15, 0.2) is 5.78 Å². The summed E-state index contributed by atoms with van der Waals surface area (Å²) in [5, 5.41) is 0.478. The molecule has 0 N–H and O–H groups in total. The van der Waals surface area contributed by atoms with Crippen molar-refractivity contribution >= 4 is 23.5 Å². The smallest absolute Gasteiger partial charge is 0.309 e. The van der Waals surface area contributed by atoms with Crippen molar-refractivity contribution < 1.29 is 19.1 Å². The summed E-state index contributed by atoms with van der Waals surface area (Å²) < 4.78 is 11.2. The van der Waals surface area contributed by atoms with Crippen LogP contribution in [0.1, 0.15) is 71.1 Å². The van der Waals surface area contributed by atoms with Gasteiger partial charge in [0.1, 0.15) is 0 Å². The Bertz CT molecular complexity index is 388. The molecule has 0 aromatic heterocycles. The molecular weight excluding hydrogens is 324 g/mol. The molecule has 1 atom stereocenters. The quantitative estimate of drug-likeness (QED) is 0.602. The van der Waals surface area contributed by atoms with Crippen LogP contribution in [0, 0.1) is 18.3 Å². The Balaban J connectivity index is 1.97. The molecule has 3 rings (SSSR count). The molecule has 5 heteroatoms. The highest BCUT2D eigenvalue weighted by Crippen LogP contribution is 2.41. The van der Waals surface area contributed by atoms with E-state index in [-0.39, 0.29) is 30.2 Å². The predicted octanol–water partition coefficient (Wildman–Crippen LogP) is 4.47. The summed E-state index contributed by atoms with van der Waals surface area (Å²) >= 11 is 1.60. The van der Waals surface area contributed by atoms with Crippen LogP contribution in [0.4, 0.5) is 0 Å². The van der Waals surface area contributed by atoms with Crippen molar-refractivity contribution in [3.8, 4) is 0 Å². The van der Waals surface area contributed by atoms with E-state index in [0.29, 0.717) is 23.7 Å². The molecule has 4 nitrogen and oxygen atoms in total. The van der Waals surface area contributed by atoms with Crippen LogP contribution in [0.15, 0.2) is 0 Å². The van der Waals surface area contributed by atoms with E-state index in [2.05, 4.69) is 6.92 Å². The van der Waals surface area contributed by atoms with E-state index in [9.17, 15) is 9.59 Å². The molecule has 24 heavy (non-hydrogen) atoms. The minimum atomic E-state index is -0.374. The Morgan fingerprint density at radius 1 is 1.29 bits per heavy atom. The van der Waals surface area contributed by atoms with E-state index in [1.807, 2.05) is 0 Å². The molecular formula is C19H30O4S. The summed E-state index contributed by atoms with van der Waals surface area (Å²) in [6, 6.07) is 0. The van der Waals surface area contributed by atoms with E-state index in [4.69, 9.17) is 9.47 Å². The van der Waals surface area contributed by atoms with Crippen molar-refractivity contribution in [1.82, 2.24) is 0 Å². The van der Waals surface area contributed by atoms with E-state index in [1.165, 1.54) is 12.8 Å². The van der Waals surface area contributed by atoms with Gasteiger partial charge in [0.25, 0.3) is 0 Å². The number of ketones is 1. The number of esters is 1. The molecule has 2 bridgehead atoms. The molecule has 0 aromatic carbocycles. The summed E-state index contributed by atoms with van der Waals surface area (Å²) in [7, 11) is 0. The summed E-state index contributed by atoms with van der Waals surface area (Å²) in [5.74, 6) is -0.668. The van der Waals surface area contributed by atoms with E-state index in [0.717, 1.165) is 38.5 Å². The molecule has 3 fully saturated rings. The largest absolute Gasteiger partial charge is 0.466 e. The summed E-state index contributed by atoms with van der Waals surface area (Å²) in [4.78, 5) is 24.9. The number of fused-ring (bicyclic) bond motifs is 6. The monoisotopic (exact) mass is 354 g/mol. The SMILES string of the molecule is [CH2]CCCC(CC(=O)[C]1OC2CCCC(CCC2)S1)C(=O)OCC. The van der Waals surface area contributed by atoms with Crippen LogP contribution in [0.2, 0.25) is 0 Å². The number of carbonyl (C=O) groups is 2. The predicted molar refractivity (Wildman–Crippen MR) is 96.2 cm³/mol. The molecule has 0 aromatic rings. The van der Waals surface area contributed by atoms with Crippen LogP contribution in [0.5, 0.6) is 0 Å². The fourth-order valence-corrected chi connectivity index (χ4v) is 4.67. The third-order valence-corrected chi connectivity index (χ3v) is 6.08. The number of thioether (sulfide) groups is 1. The molecule has 2 aliphatic heterocycles. The fraction of sp³-hybridized carbons (Fsp3) is 0.789. The van der Waals surface area contributed by atoms with Crippen molar-refractivity contribution in [2.45, 2.75) is 82.5 Å². The highest BCUT2D eigenvalue weighted by atomic mass is 32.2. The van der Waals surface area contributed by atoms with Gasteiger partial charge >= 0.3 is 5.97 Å². The maximum atomic E-state index is 12.8. The number of carbonyl (C=O) groups excluding carboxylic acids is 2. The first-order valence-corrected chi connectivity index (χ1v) is 10.2. The lowest BCUT2D eigenvalue weighted by atomic mass is 9.96. The van der Waals surface area contributed by atoms with Gasteiger partial charge in [-0.15, -0.1) is 11.8 Å². The minimum absolute atomic E-state index is 0.0269. The number of Topliss-reactive ketones (excluding diaryl/α,β-unsaturated/α-hetero) is 1. The molecule has 2 heterocycles. The van der Waals surface area contributed by atoms with Crippen LogP contribution < -0.4 is 0 Å². The number of unbranched alkanes of at least 4 members (excludes halogenated alkanes) is 1. The third-order valence-electron chi connectivity index (χ3n) is 4.73. The van der Waals surface area contributed by atoms with Crippen molar-refractivity contribution in [2.24, 2.45) is 5.92 Å². The van der Waals surface area contributed by atoms with E-state index >= 15 is 0 Å². The Morgan fingerprint density at radius 2 is 2.00 bits per heavy atom. The Labute approximate surface area is 150 Å². The lowest BCUT2D eigenvalue weighted by Gasteiger charge is -2.33. The second kappa shape index (κ2) is 10.4. The van der Waals surface area contributed by atoms with Crippen LogP contribution >= 0.6 is 11.8 Å². The van der Waals surface area contributed by atoms with Gasteiger partial charge in [-0.1, -0.05) is 19.8 Å². The third kappa shape index (κ3) is 6.07. The lowest BCUT2D eigenvalue weighted by molar-refractivity contribution is -0.150.